The number of benzene rings is 1. The average molecular weight is 287 g/mol. The van der Waals surface area contributed by atoms with Crippen molar-refractivity contribution in [3.05, 3.63) is 34.9 Å². The van der Waals surface area contributed by atoms with E-state index in [4.69, 9.17) is 17.3 Å². The van der Waals surface area contributed by atoms with Crippen LogP contribution in [0.15, 0.2) is 29.2 Å². The zero-order valence-electron chi connectivity index (χ0n) is 9.98. The second-order valence-electron chi connectivity index (χ2n) is 4.40. The first-order valence-corrected chi connectivity index (χ1v) is 7.49. The van der Waals surface area contributed by atoms with Gasteiger partial charge in [0.1, 0.15) is 4.90 Å². The van der Waals surface area contributed by atoms with Crippen molar-refractivity contribution in [2.45, 2.75) is 30.7 Å². The standard InChI is InChI=1S/C12H15ClN2O2S/c1-8-6-10(13)12(7-11(8)14)18(16,17)15-9-4-2-3-5-9/h2-3,6-7,9,15H,4-5,14H2,1H3. The number of nitrogens with two attached hydrogens (primary N) is 1. The zero-order valence-corrected chi connectivity index (χ0v) is 11.6. The molecule has 3 N–H and O–H groups in total. The number of rotatable bonds is 3. The predicted octanol–water partition coefficient (Wildman–Crippen LogP) is 2.23. The fourth-order valence-corrected chi connectivity index (χ4v) is 3.75. The van der Waals surface area contributed by atoms with Crippen LogP contribution in [-0.2, 0) is 10.0 Å². The van der Waals surface area contributed by atoms with Crippen molar-refractivity contribution >= 4 is 27.3 Å². The van der Waals surface area contributed by atoms with E-state index in [1.54, 1.807) is 13.0 Å². The molecule has 0 saturated carbocycles. The largest absolute Gasteiger partial charge is 0.398 e. The summed E-state index contributed by atoms with van der Waals surface area (Å²) in [7, 11) is -3.62. The SMILES string of the molecule is Cc1cc(Cl)c(S(=O)(=O)NC2CC=CC2)cc1N. The Morgan fingerprint density at radius 3 is 2.56 bits per heavy atom. The molecule has 6 heteroatoms. The summed E-state index contributed by atoms with van der Waals surface area (Å²) >= 11 is 5.98. The Morgan fingerprint density at radius 1 is 1.33 bits per heavy atom. The first-order chi connectivity index (χ1) is 8.40. The molecule has 1 aliphatic carbocycles. The van der Waals surface area contributed by atoms with E-state index in [0.29, 0.717) is 18.5 Å². The molecule has 0 atom stereocenters. The second-order valence-corrected chi connectivity index (χ2v) is 6.49. The maximum absolute atomic E-state index is 12.2. The zero-order chi connectivity index (χ0) is 13.3. The molecular formula is C12H15ClN2O2S. The van der Waals surface area contributed by atoms with E-state index >= 15 is 0 Å². The molecule has 0 aromatic heterocycles. The summed E-state index contributed by atoms with van der Waals surface area (Å²) < 4.78 is 27.0. The Bertz CT molecular complexity index is 588. The second kappa shape index (κ2) is 4.91. The summed E-state index contributed by atoms with van der Waals surface area (Å²) in [6, 6.07) is 2.88. The molecule has 0 fully saturated rings. The highest BCUT2D eigenvalue weighted by Gasteiger charge is 2.23. The Morgan fingerprint density at radius 2 is 1.94 bits per heavy atom. The molecule has 0 heterocycles. The van der Waals surface area contributed by atoms with Crippen LogP contribution in [0.4, 0.5) is 5.69 Å². The molecule has 18 heavy (non-hydrogen) atoms. The van der Waals surface area contributed by atoms with E-state index in [1.807, 2.05) is 12.2 Å². The first kappa shape index (κ1) is 13.4. The van der Waals surface area contributed by atoms with Crippen LogP contribution in [0.5, 0.6) is 0 Å². The maximum Gasteiger partial charge on any atom is 0.242 e. The van der Waals surface area contributed by atoms with Crippen molar-refractivity contribution in [2.24, 2.45) is 0 Å². The van der Waals surface area contributed by atoms with Crippen LogP contribution in [0.2, 0.25) is 5.02 Å². The Balaban J connectivity index is 2.32. The number of hydrogen-bond acceptors (Lipinski definition) is 3. The van der Waals surface area contributed by atoms with Gasteiger partial charge in [0.15, 0.2) is 0 Å². The third-order valence-electron chi connectivity index (χ3n) is 2.94. The van der Waals surface area contributed by atoms with Gasteiger partial charge in [-0.25, -0.2) is 13.1 Å². The minimum atomic E-state index is -3.62. The van der Waals surface area contributed by atoms with Crippen LogP contribution in [0.1, 0.15) is 18.4 Å². The molecule has 1 aromatic rings. The van der Waals surface area contributed by atoms with Crippen molar-refractivity contribution in [2.75, 3.05) is 5.73 Å². The Kier molecular flexibility index (Phi) is 3.66. The normalized spacial score (nSPS) is 16.3. The monoisotopic (exact) mass is 286 g/mol. The van der Waals surface area contributed by atoms with Gasteiger partial charge >= 0.3 is 0 Å². The van der Waals surface area contributed by atoms with Gasteiger partial charge in [0.2, 0.25) is 10.0 Å². The topological polar surface area (TPSA) is 72.2 Å². The lowest BCUT2D eigenvalue weighted by molar-refractivity contribution is 0.557. The summed E-state index contributed by atoms with van der Waals surface area (Å²) in [5.74, 6) is 0. The number of nitrogens with one attached hydrogen (secondary N) is 1. The average Bonchev–Trinajstić information content (AvgIpc) is 2.75. The lowest BCUT2D eigenvalue weighted by Crippen LogP contribution is -2.33. The van der Waals surface area contributed by atoms with Crippen LogP contribution in [0, 0.1) is 6.92 Å². The molecule has 0 aliphatic heterocycles. The quantitative estimate of drug-likeness (QED) is 0.661. The number of anilines is 1. The minimum Gasteiger partial charge on any atom is -0.398 e. The van der Waals surface area contributed by atoms with Crippen LogP contribution in [0.3, 0.4) is 0 Å². The molecule has 1 aliphatic rings. The molecule has 1 aromatic carbocycles. The molecule has 98 valence electrons. The van der Waals surface area contributed by atoms with Crippen molar-refractivity contribution in [1.82, 2.24) is 4.72 Å². The third-order valence-corrected chi connectivity index (χ3v) is 4.92. The predicted molar refractivity (Wildman–Crippen MR) is 73.1 cm³/mol. The van der Waals surface area contributed by atoms with Crippen LogP contribution < -0.4 is 10.5 Å². The van der Waals surface area contributed by atoms with Gasteiger partial charge in [-0.3, -0.25) is 0 Å². The van der Waals surface area contributed by atoms with Crippen molar-refractivity contribution < 1.29 is 8.42 Å². The summed E-state index contributed by atoms with van der Waals surface area (Å²) in [4.78, 5) is 0.0409. The van der Waals surface area contributed by atoms with Gasteiger partial charge in [-0.2, -0.15) is 0 Å². The highest BCUT2D eigenvalue weighted by molar-refractivity contribution is 7.89. The number of sulfonamides is 1. The number of nitrogen functional groups attached to an aromatic ring is 1. The molecule has 0 radical (unpaired) electrons. The molecule has 0 saturated heterocycles. The van der Waals surface area contributed by atoms with E-state index < -0.39 is 10.0 Å². The summed E-state index contributed by atoms with van der Waals surface area (Å²) in [6.07, 6.45) is 5.33. The van der Waals surface area contributed by atoms with E-state index in [-0.39, 0.29) is 16.0 Å². The summed E-state index contributed by atoms with van der Waals surface area (Å²) in [6.45, 7) is 1.78. The van der Waals surface area contributed by atoms with Gasteiger partial charge in [-0.05, 0) is 37.5 Å². The van der Waals surface area contributed by atoms with Crippen molar-refractivity contribution in [3.63, 3.8) is 0 Å². The molecular weight excluding hydrogens is 272 g/mol. The van der Waals surface area contributed by atoms with Crippen LogP contribution >= 0.6 is 11.6 Å². The summed E-state index contributed by atoms with van der Waals surface area (Å²) in [5, 5.41) is 0.195. The molecule has 2 rings (SSSR count). The van der Waals surface area contributed by atoms with Gasteiger partial charge in [0, 0.05) is 11.7 Å². The molecule has 0 spiro atoms. The number of halogens is 1. The first-order valence-electron chi connectivity index (χ1n) is 5.63. The van der Waals surface area contributed by atoms with E-state index in [9.17, 15) is 8.42 Å². The molecule has 4 nitrogen and oxygen atoms in total. The van der Waals surface area contributed by atoms with Crippen LogP contribution in [-0.4, -0.2) is 14.5 Å². The van der Waals surface area contributed by atoms with Crippen molar-refractivity contribution in [1.29, 1.82) is 0 Å². The van der Waals surface area contributed by atoms with Crippen LogP contribution in [0.25, 0.3) is 0 Å². The lowest BCUT2D eigenvalue weighted by atomic mass is 10.2. The minimum absolute atomic E-state index is 0.0409. The highest BCUT2D eigenvalue weighted by Crippen LogP contribution is 2.27. The smallest absolute Gasteiger partial charge is 0.242 e. The van der Waals surface area contributed by atoms with Gasteiger partial charge in [-0.15, -0.1) is 0 Å². The van der Waals surface area contributed by atoms with Crippen molar-refractivity contribution in [3.8, 4) is 0 Å². The van der Waals surface area contributed by atoms with Gasteiger partial charge in [-0.1, -0.05) is 23.8 Å². The highest BCUT2D eigenvalue weighted by atomic mass is 35.5. The number of hydrogen-bond donors (Lipinski definition) is 2. The Hall–Kier alpha value is -1.04. The number of aryl methyl sites for hydroxylation is 1. The van der Waals surface area contributed by atoms with Gasteiger partial charge in [0.05, 0.1) is 5.02 Å². The summed E-state index contributed by atoms with van der Waals surface area (Å²) in [5.41, 5.74) is 6.92. The lowest BCUT2D eigenvalue weighted by Gasteiger charge is -2.14. The van der Waals surface area contributed by atoms with Gasteiger partial charge < -0.3 is 5.73 Å². The fourth-order valence-electron chi connectivity index (χ4n) is 1.87. The third kappa shape index (κ3) is 2.68. The maximum atomic E-state index is 12.2. The molecule has 0 bridgehead atoms. The Labute approximate surface area is 112 Å². The molecule has 0 amide bonds. The van der Waals surface area contributed by atoms with Gasteiger partial charge in [0.25, 0.3) is 0 Å². The van der Waals surface area contributed by atoms with E-state index in [0.717, 1.165) is 5.56 Å². The van der Waals surface area contributed by atoms with E-state index in [1.165, 1.54) is 6.07 Å². The van der Waals surface area contributed by atoms with E-state index in [2.05, 4.69) is 4.72 Å². The molecule has 0 unspecified atom stereocenters. The fraction of sp³-hybridized carbons (Fsp3) is 0.333.